The number of nitrogens with one attached hydrogen (secondary N) is 1. The lowest BCUT2D eigenvalue weighted by molar-refractivity contribution is -0.153. The zero-order valence-corrected chi connectivity index (χ0v) is 26.4. The highest BCUT2D eigenvalue weighted by molar-refractivity contribution is 9.10. The molecule has 5 rings (SSSR count). The Labute approximate surface area is 261 Å². The van der Waals surface area contributed by atoms with Crippen molar-refractivity contribution in [3.8, 4) is 5.75 Å². The number of carbonyl (C=O) groups is 4. The number of ketones is 2. The average molecular weight is 682 g/mol. The van der Waals surface area contributed by atoms with E-state index in [1.807, 2.05) is 0 Å². The van der Waals surface area contributed by atoms with Crippen LogP contribution in [0.15, 0.2) is 16.9 Å². The van der Waals surface area contributed by atoms with Crippen molar-refractivity contribution in [2.45, 2.75) is 48.6 Å². The van der Waals surface area contributed by atoms with Crippen LogP contribution in [0.2, 0.25) is 5.02 Å². The Kier molecular flexibility index (Phi) is 7.86. The number of alkyl halides is 1. The molecule has 2 saturated carbocycles. The molecule has 43 heavy (non-hydrogen) atoms. The van der Waals surface area contributed by atoms with Crippen molar-refractivity contribution in [2.75, 3.05) is 38.4 Å². The molecule has 1 aromatic rings. The van der Waals surface area contributed by atoms with E-state index in [-0.39, 0.29) is 40.6 Å². The second-order valence-electron chi connectivity index (χ2n) is 12.2. The molecule has 0 aromatic heterocycles. The number of Topliss-reactive ketones (excluding diaryl/α,β-unsaturated/α-hetero) is 2. The molecule has 4 aliphatic rings. The zero-order chi connectivity index (χ0) is 31.9. The number of nitrogens with two attached hydrogens (primary N) is 1. The van der Waals surface area contributed by atoms with Crippen LogP contribution in [0.1, 0.15) is 36.8 Å². The summed E-state index contributed by atoms with van der Waals surface area (Å²) in [6, 6.07) is -1.19. The monoisotopic (exact) mass is 680 g/mol. The molecule has 0 radical (unpaired) electrons. The number of halogens is 2. The summed E-state index contributed by atoms with van der Waals surface area (Å²) >= 11 is 10.2. The molecule has 5 atom stereocenters. The van der Waals surface area contributed by atoms with E-state index in [0.29, 0.717) is 11.3 Å². The van der Waals surface area contributed by atoms with Crippen LogP contribution in [0.4, 0.5) is 11.4 Å². The Balaban J connectivity index is 1.70. The summed E-state index contributed by atoms with van der Waals surface area (Å²) in [5.74, 6) is -7.92. The number of hydrogen-bond donors (Lipinski definition) is 6. The molecule has 12 nitrogen and oxygen atoms in total. The van der Waals surface area contributed by atoms with Crippen molar-refractivity contribution >= 4 is 68.0 Å². The number of aliphatic hydroxyl groups is 3. The topological polar surface area (TPSA) is 194 Å². The maximum absolute atomic E-state index is 14.1. The minimum absolute atomic E-state index is 0.0310. The van der Waals surface area contributed by atoms with Crippen molar-refractivity contribution in [3.05, 3.63) is 33.1 Å². The number of likely N-dealkylation sites (N-methyl/N-ethyl adjacent to an activating group) is 1. The number of amides is 2. The zero-order valence-electron chi connectivity index (χ0n) is 24.1. The Morgan fingerprint density at radius 1 is 1.14 bits per heavy atom. The first-order valence-corrected chi connectivity index (χ1v) is 15.2. The number of phenolic OH excluding ortho intramolecular Hbond substituents is 1. The van der Waals surface area contributed by atoms with Crippen LogP contribution in [0.25, 0.3) is 5.76 Å². The Morgan fingerprint density at radius 2 is 1.77 bits per heavy atom. The normalized spacial score (nSPS) is 27.8. The lowest BCUT2D eigenvalue weighted by Gasteiger charge is -2.50. The molecule has 0 saturated heterocycles. The van der Waals surface area contributed by atoms with E-state index in [0.717, 1.165) is 19.3 Å². The second kappa shape index (κ2) is 10.8. The highest BCUT2D eigenvalue weighted by atomic mass is 79.9. The molecule has 0 spiro atoms. The van der Waals surface area contributed by atoms with Crippen molar-refractivity contribution in [1.29, 1.82) is 0 Å². The van der Waals surface area contributed by atoms with Gasteiger partial charge in [-0.15, -0.1) is 0 Å². The smallest absolute Gasteiger partial charge is 0.255 e. The van der Waals surface area contributed by atoms with Gasteiger partial charge in [0.25, 0.3) is 5.91 Å². The quantitative estimate of drug-likeness (QED) is 0.147. The molecule has 232 valence electrons. The molecule has 2 amide bonds. The summed E-state index contributed by atoms with van der Waals surface area (Å²) in [5, 5.41) is 48.6. The molecule has 3 unspecified atom stereocenters. The SMILES string of the molecule is CN(C)c1c(Cl)c(NC(=O)C(Br)C2CCC2)c(O)c2c1CC1CC3[C@H](N(C)C)C(=O)C(C(N)=O)=C(O)[C@@]3(O)C(=O)C1=C2O. The fraction of sp³-hybridized carbons (Fsp3) is 0.517. The van der Waals surface area contributed by atoms with Crippen LogP contribution in [0, 0.1) is 17.8 Å². The fourth-order valence-corrected chi connectivity index (χ4v) is 8.11. The van der Waals surface area contributed by atoms with Gasteiger partial charge in [0.05, 0.1) is 27.1 Å². The van der Waals surface area contributed by atoms with E-state index in [1.165, 1.54) is 19.0 Å². The van der Waals surface area contributed by atoms with Gasteiger partial charge in [0, 0.05) is 25.6 Å². The Bertz CT molecular complexity index is 1530. The number of carbonyl (C=O) groups excluding carboxylic acids is 4. The van der Waals surface area contributed by atoms with Gasteiger partial charge in [0.15, 0.2) is 17.1 Å². The maximum Gasteiger partial charge on any atom is 0.255 e. The van der Waals surface area contributed by atoms with Gasteiger partial charge in [0.2, 0.25) is 11.7 Å². The number of hydrogen-bond acceptors (Lipinski definition) is 10. The van der Waals surface area contributed by atoms with Gasteiger partial charge in [-0.25, -0.2) is 0 Å². The van der Waals surface area contributed by atoms with Gasteiger partial charge in [-0.1, -0.05) is 34.0 Å². The molecule has 0 heterocycles. The van der Waals surface area contributed by atoms with Gasteiger partial charge in [0.1, 0.15) is 22.8 Å². The summed E-state index contributed by atoms with van der Waals surface area (Å²) in [4.78, 5) is 55.2. The molecule has 14 heteroatoms. The Hall–Kier alpha value is -3.13. The fourth-order valence-electron chi connectivity index (χ4n) is 7.05. The number of phenols is 1. The molecule has 0 bridgehead atoms. The van der Waals surface area contributed by atoms with Crippen LogP contribution >= 0.6 is 27.5 Å². The highest BCUT2D eigenvalue weighted by Crippen LogP contribution is 2.56. The number of primary amides is 1. The van der Waals surface area contributed by atoms with Crippen LogP contribution < -0.4 is 16.0 Å². The Morgan fingerprint density at radius 3 is 2.28 bits per heavy atom. The molecule has 7 N–H and O–H groups in total. The van der Waals surface area contributed by atoms with Gasteiger partial charge in [-0.3, -0.25) is 24.1 Å². The number of aliphatic hydroxyl groups excluding tert-OH is 2. The van der Waals surface area contributed by atoms with Gasteiger partial charge < -0.3 is 36.4 Å². The number of fused-ring (bicyclic) bond motifs is 3. The molecule has 2 fully saturated rings. The lowest BCUT2D eigenvalue weighted by Crippen LogP contribution is -2.65. The molecular weight excluding hydrogens is 648 g/mol. The lowest BCUT2D eigenvalue weighted by atomic mass is 9.57. The first-order chi connectivity index (χ1) is 20.0. The van der Waals surface area contributed by atoms with Crippen molar-refractivity contribution in [2.24, 2.45) is 23.5 Å². The van der Waals surface area contributed by atoms with E-state index < -0.39 is 74.5 Å². The third-order valence-corrected chi connectivity index (χ3v) is 10.8. The van der Waals surface area contributed by atoms with E-state index in [4.69, 9.17) is 17.3 Å². The number of aromatic hydroxyl groups is 1. The van der Waals surface area contributed by atoms with Crippen molar-refractivity contribution in [1.82, 2.24) is 4.90 Å². The van der Waals surface area contributed by atoms with Crippen molar-refractivity contribution < 1.29 is 39.6 Å². The third kappa shape index (κ3) is 4.46. The summed E-state index contributed by atoms with van der Waals surface area (Å²) in [6.45, 7) is 0. The first-order valence-electron chi connectivity index (χ1n) is 13.9. The minimum atomic E-state index is -2.75. The number of rotatable bonds is 6. The highest BCUT2D eigenvalue weighted by Gasteiger charge is 2.64. The molecular formula is C29H34BrClN4O8. The van der Waals surface area contributed by atoms with Crippen LogP contribution in [0.3, 0.4) is 0 Å². The first kappa shape index (κ1) is 31.3. The number of anilines is 2. The van der Waals surface area contributed by atoms with E-state index >= 15 is 0 Å². The van der Waals surface area contributed by atoms with Crippen molar-refractivity contribution in [3.63, 3.8) is 0 Å². The predicted octanol–water partition coefficient (Wildman–Crippen LogP) is 2.19. The molecule has 1 aromatic carbocycles. The third-order valence-electron chi connectivity index (χ3n) is 9.31. The van der Waals surface area contributed by atoms with E-state index in [2.05, 4.69) is 21.2 Å². The second-order valence-corrected chi connectivity index (χ2v) is 13.5. The number of benzene rings is 1. The largest absolute Gasteiger partial charge is 0.508 e. The van der Waals surface area contributed by atoms with Crippen LogP contribution in [-0.2, 0) is 25.6 Å². The predicted molar refractivity (Wildman–Crippen MR) is 162 cm³/mol. The summed E-state index contributed by atoms with van der Waals surface area (Å²) in [5.41, 5.74) is 1.93. The molecule has 0 aliphatic heterocycles. The number of nitrogens with zero attached hydrogens (tertiary/aromatic N) is 2. The van der Waals surface area contributed by atoms with Gasteiger partial charge >= 0.3 is 0 Å². The summed E-state index contributed by atoms with van der Waals surface area (Å²) < 4.78 is 0. The maximum atomic E-state index is 14.1. The van der Waals surface area contributed by atoms with Crippen LogP contribution in [0.5, 0.6) is 5.75 Å². The average Bonchev–Trinajstić information content (AvgIpc) is 2.86. The summed E-state index contributed by atoms with van der Waals surface area (Å²) in [6.07, 6.45) is 2.76. The standard InChI is InChI=1S/C29H34BrClN4O8/c1-34(2)20-12-8-11-9-13-21(35(3)4)24(38)16(27(32)41)26(40)29(13,43)25(39)14(11)22(36)15(12)23(37)19(18(20)31)33-28(42)17(30)10-6-5-7-10/h10-11,13,17,21,36-37,40,43H,5-9H2,1-4H3,(H2,32,41)(H,33,42)/t11?,13?,17?,21-,29-/m0/s1. The van der Waals surface area contributed by atoms with E-state index in [1.54, 1.807) is 19.0 Å². The van der Waals surface area contributed by atoms with Gasteiger partial charge in [-0.2, -0.15) is 0 Å². The molecule has 4 aliphatic carbocycles. The minimum Gasteiger partial charge on any atom is -0.508 e. The van der Waals surface area contributed by atoms with Crippen LogP contribution in [-0.4, -0.2) is 93.4 Å². The summed E-state index contributed by atoms with van der Waals surface area (Å²) in [7, 11) is 6.47. The van der Waals surface area contributed by atoms with Gasteiger partial charge in [-0.05, 0) is 57.2 Å². The van der Waals surface area contributed by atoms with E-state index in [9.17, 15) is 39.6 Å².